The molecule has 1 aliphatic heterocycles. The minimum Gasteiger partial charge on any atom is -0.507 e. The second-order valence-electron chi connectivity index (χ2n) is 9.01. The van der Waals surface area contributed by atoms with Gasteiger partial charge >= 0.3 is 0 Å². The highest BCUT2D eigenvalue weighted by atomic mass is 16.5. The zero-order valence-electron chi connectivity index (χ0n) is 20.9. The van der Waals surface area contributed by atoms with E-state index in [4.69, 9.17) is 9.47 Å². The first-order valence-electron chi connectivity index (χ1n) is 11.8. The number of amides is 1. The third-order valence-electron chi connectivity index (χ3n) is 5.61. The van der Waals surface area contributed by atoms with Crippen LogP contribution in [0.2, 0.25) is 0 Å². The Kier molecular flexibility index (Phi) is 8.71. The third-order valence-corrected chi connectivity index (χ3v) is 5.61. The van der Waals surface area contributed by atoms with Crippen LogP contribution in [0.5, 0.6) is 11.5 Å². The molecule has 7 heteroatoms. The summed E-state index contributed by atoms with van der Waals surface area (Å²) in [6.07, 6.45) is 2.36. The molecule has 1 amide bonds. The number of ketones is 1. The van der Waals surface area contributed by atoms with Crippen molar-refractivity contribution in [3.63, 3.8) is 0 Å². The van der Waals surface area contributed by atoms with Crippen molar-refractivity contribution in [2.75, 3.05) is 33.8 Å². The molecule has 7 nitrogen and oxygen atoms in total. The van der Waals surface area contributed by atoms with Crippen LogP contribution in [0.15, 0.2) is 66.8 Å². The van der Waals surface area contributed by atoms with Crippen molar-refractivity contribution in [3.8, 4) is 11.5 Å². The molecule has 1 saturated heterocycles. The van der Waals surface area contributed by atoms with Gasteiger partial charge in [-0.25, -0.2) is 0 Å². The quantitative estimate of drug-likeness (QED) is 0.223. The molecule has 1 N–H and O–H groups in total. The van der Waals surface area contributed by atoms with E-state index in [1.54, 1.807) is 47.4 Å². The minimum absolute atomic E-state index is 0.0142. The maximum atomic E-state index is 13.2. The average Bonchev–Trinajstić information content (AvgIpc) is 3.07. The molecule has 0 spiro atoms. The number of rotatable bonds is 11. The van der Waals surface area contributed by atoms with E-state index in [-0.39, 0.29) is 17.4 Å². The summed E-state index contributed by atoms with van der Waals surface area (Å²) in [7, 11) is 3.92. The summed E-state index contributed by atoms with van der Waals surface area (Å²) in [6.45, 7) is 9.04. The number of aliphatic hydroxyl groups is 1. The van der Waals surface area contributed by atoms with Crippen LogP contribution in [0.25, 0.3) is 5.76 Å². The van der Waals surface area contributed by atoms with Gasteiger partial charge in [-0.1, -0.05) is 24.8 Å². The van der Waals surface area contributed by atoms with Crippen LogP contribution in [0.3, 0.4) is 0 Å². The lowest BCUT2D eigenvalue weighted by Gasteiger charge is -2.26. The highest BCUT2D eigenvalue weighted by molar-refractivity contribution is 6.46. The van der Waals surface area contributed by atoms with Crippen molar-refractivity contribution in [3.05, 3.63) is 77.9 Å². The van der Waals surface area contributed by atoms with Crippen LogP contribution in [-0.2, 0) is 9.59 Å². The molecule has 2 aromatic carbocycles. The summed E-state index contributed by atoms with van der Waals surface area (Å²) in [5.41, 5.74) is 1.25. The minimum atomic E-state index is -0.697. The van der Waals surface area contributed by atoms with Gasteiger partial charge in [0.05, 0.1) is 17.7 Å². The summed E-state index contributed by atoms with van der Waals surface area (Å²) in [6, 6.07) is 13.4. The van der Waals surface area contributed by atoms with Gasteiger partial charge < -0.3 is 24.4 Å². The lowest BCUT2D eigenvalue weighted by molar-refractivity contribution is -0.139. The summed E-state index contributed by atoms with van der Waals surface area (Å²) in [5.74, 6) is -0.188. The Labute approximate surface area is 207 Å². The van der Waals surface area contributed by atoms with Gasteiger partial charge in [0.2, 0.25) is 0 Å². The maximum Gasteiger partial charge on any atom is 0.295 e. The Morgan fingerprint density at radius 2 is 1.71 bits per heavy atom. The van der Waals surface area contributed by atoms with Crippen LogP contribution in [0.1, 0.15) is 37.4 Å². The van der Waals surface area contributed by atoms with Crippen molar-refractivity contribution in [2.45, 2.75) is 32.4 Å². The highest BCUT2D eigenvalue weighted by Crippen LogP contribution is 2.40. The Morgan fingerprint density at radius 3 is 2.29 bits per heavy atom. The van der Waals surface area contributed by atoms with Crippen LogP contribution in [0, 0.1) is 0 Å². The van der Waals surface area contributed by atoms with Crippen molar-refractivity contribution < 1.29 is 24.2 Å². The summed E-state index contributed by atoms with van der Waals surface area (Å²) < 4.78 is 11.2. The number of benzene rings is 2. The number of hydrogen-bond donors (Lipinski definition) is 1. The van der Waals surface area contributed by atoms with Gasteiger partial charge in [0.15, 0.2) is 0 Å². The zero-order chi connectivity index (χ0) is 25.5. The number of Topliss-reactive ketones (excluding diaryl/α,β-unsaturated/α-hetero) is 1. The average molecular weight is 479 g/mol. The zero-order valence-corrected chi connectivity index (χ0v) is 20.9. The maximum absolute atomic E-state index is 13.2. The molecule has 0 bridgehead atoms. The van der Waals surface area contributed by atoms with Gasteiger partial charge in [0, 0.05) is 12.1 Å². The molecule has 0 aromatic heterocycles. The number of nitrogens with zero attached hydrogens (tertiary/aromatic N) is 2. The van der Waals surface area contributed by atoms with Crippen LogP contribution >= 0.6 is 0 Å². The van der Waals surface area contributed by atoms with Crippen molar-refractivity contribution in [2.24, 2.45) is 0 Å². The highest BCUT2D eigenvalue weighted by Gasteiger charge is 2.45. The van der Waals surface area contributed by atoms with E-state index in [0.717, 1.165) is 12.1 Å². The number of carbonyl (C=O) groups excluding carboxylic acids is 2. The Hall–Kier alpha value is -3.58. The molecule has 0 saturated carbocycles. The molecule has 186 valence electrons. The van der Waals surface area contributed by atoms with Crippen molar-refractivity contribution >= 4 is 17.4 Å². The molecule has 0 unspecified atom stereocenters. The van der Waals surface area contributed by atoms with Gasteiger partial charge in [-0.3, -0.25) is 9.59 Å². The fourth-order valence-electron chi connectivity index (χ4n) is 4.04. The van der Waals surface area contributed by atoms with Gasteiger partial charge in [-0.05, 0) is 82.9 Å². The molecule has 0 radical (unpaired) electrons. The predicted octanol–water partition coefficient (Wildman–Crippen LogP) is 4.41. The van der Waals surface area contributed by atoms with Gasteiger partial charge in [0.1, 0.15) is 23.9 Å². The number of aliphatic hydroxyl groups excluding tert-OH is 1. The number of likely N-dealkylation sites (tertiary alicyclic amines) is 1. The first-order chi connectivity index (χ1) is 16.7. The van der Waals surface area contributed by atoms with Crippen molar-refractivity contribution in [1.82, 2.24) is 9.80 Å². The molecule has 1 atom stereocenters. The summed E-state index contributed by atoms with van der Waals surface area (Å²) in [4.78, 5) is 29.8. The van der Waals surface area contributed by atoms with Crippen LogP contribution in [0.4, 0.5) is 0 Å². The number of hydrogen-bond acceptors (Lipinski definition) is 6. The summed E-state index contributed by atoms with van der Waals surface area (Å²) in [5, 5.41) is 11.2. The Bertz CT molecular complexity index is 1070. The van der Waals surface area contributed by atoms with Gasteiger partial charge in [0.25, 0.3) is 11.7 Å². The Balaban J connectivity index is 2.01. The first-order valence-corrected chi connectivity index (χ1v) is 11.8. The second kappa shape index (κ2) is 11.7. The monoisotopic (exact) mass is 478 g/mol. The fourth-order valence-corrected chi connectivity index (χ4v) is 4.04. The van der Waals surface area contributed by atoms with E-state index in [1.165, 1.54) is 0 Å². The second-order valence-corrected chi connectivity index (χ2v) is 9.01. The van der Waals surface area contributed by atoms with E-state index in [2.05, 4.69) is 6.58 Å². The van der Waals surface area contributed by atoms with Crippen LogP contribution < -0.4 is 9.47 Å². The molecule has 35 heavy (non-hydrogen) atoms. The molecular formula is C28H34N2O5. The summed E-state index contributed by atoms with van der Waals surface area (Å²) >= 11 is 0. The fraction of sp³-hybridized carbons (Fsp3) is 0.357. The van der Waals surface area contributed by atoms with Crippen molar-refractivity contribution in [1.29, 1.82) is 0 Å². The smallest absolute Gasteiger partial charge is 0.295 e. The largest absolute Gasteiger partial charge is 0.507 e. The third kappa shape index (κ3) is 6.31. The predicted molar refractivity (Wildman–Crippen MR) is 137 cm³/mol. The molecule has 1 fully saturated rings. The van der Waals surface area contributed by atoms with E-state index in [1.807, 2.05) is 45.0 Å². The van der Waals surface area contributed by atoms with Gasteiger partial charge in [-0.15, -0.1) is 0 Å². The van der Waals surface area contributed by atoms with E-state index < -0.39 is 17.7 Å². The lowest BCUT2D eigenvalue weighted by atomic mass is 9.95. The molecule has 2 aromatic rings. The SMILES string of the molecule is C=CCOc1ccc([C@H]2C(=C(O)c3ccc(OC(C)C)cc3)C(=O)C(=O)N2CCCN(C)C)cc1. The van der Waals surface area contributed by atoms with E-state index in [9.17, 15) is 14.7 Å². The lowest BCUT2D eigenvalue weighted by Crippen LogP contribution is -2.32. The molecule has 0 aliphatic carbocycles. The normalized spacial score (nSPS) is 17.3. The number of ether oxygens (including phenoxy) is 2. The van der Waals surface area contributed by atoms with E-state index >= 15 is 0 Å². The molecule has 1 aliphatic rings. The molecule has 1 heterocycles. The van der Waals surface area contributed by atoms with Crippen LogP contribution in [-0.4, -0.2) is 66.5 Å². The standard InChI is InChI=1S/C28H34N2O5/c1-6-18-34-22-12-8-20(9-13-22)25-24(27(32)28(33)30(25)17-7-16-29(4)5)26(31)21-10-14-23(15-11-21)35-19(2)3/h6,8-15,19,25,31H,1,7,16-18H2,2-5H3/t25-/m0/s1. The van der Waals surface area contributed by atoms with Gasteiger partial charge in [-0.2, -0.15) is 0 Å². The topological polar surface area (TPSA) is 79.3 Å². The molecular weight excluding hydrogens is 444 g/mol. The molecule has 3 rings (SSSR count). The Morgan fingerprint density at radius 1 is 1.09 bits per heavy atom. The van der Waals surface area contributed by atoms with E-state index in [0.29, 0.717) is 36.6 Å². The first kappa shape index (κ1) is 26.0. The number of carbonyl (C=O) groups is 2.